The number of piperazine rings is 1. The monoisotopic (exact) mass is 586 g/mol. The third-order valence-corrected chi connectivity index (χ3v) is 10.8. The van der Waals surface area contributed by atoms with Gasteiger partial charge in [0.25, 0.3) is 0 Å². The Hall–Kier alpha value is -3.17. The van der Waals surface area contributed by atoms with Gasteiger partial charge in [0.05, 0.1) is 17.8 Å². The van der Waals surface area contributed by atoms with Crippen LogP contribution in [0.5, 0.6) is 11.8 Å². The molecule has 0 aliphatic carbocycles. The van der Waals surface area contributed by atoms with Crippen molar-refractivity contribution in [2.75, 3.05) is 49.1 Å². The van der Waals surface area contributed by atoms with Crippen molar-refractivity contribution in [3.8, 4) is 11.8 Å². The molecule has 5 aliphatic rings. The van der Waals surface area contributed by atoms with Crippen molar-refractivity contribution in [2.24, 2.45) is 0 Å². The highest BCUT2D eigenvalue weighted by molar-refractivity contribution is 5.98. The minimum absolute atomic E-state index is 0.242. The van der Waals surface area contributed by atoms with Gasteiger partial charge in [-0.05, 0) is 62.1 Å². The molecule has 0 radical (unpaired) electrons. The van der Waals surface area contributed by atoms with E-state index in [1.54, 1.807) is 0 Å². The minimum atomic E-state index is -0.789. The second-order valence-electron chi connectivity index (χ2n) is 13.5. The van der Waals surface area contributed by atoms with Crippen LogP contribution in [0.2, 0.25) is 0 Å². The number of aromatic hydroxyl groups is 1. The molecule has 8 nitrogen and oxygen atoms in total. The molecule has 5 aliphatic heterocycles. The van der Waals surface area contributed by atoms with E-state index in [0.29, 0.717) is 44.2 Å². The first-order valence-corrected chi connectivity index (χ1v) is 16.4. The highest BCUT2D eigenvalue weighted by Gasteiger charge is 2.49. The molecule has 4 atom stereocenters. The summed E-state index contributed by atoms with van der Waals surface area (Å²) in [6, 6.07) is 11.5. The van der Waals surface area contributed by atoms with Gasteiger partial charge in [0, 0.05) is 67.4 Å². The maximum Gasteiger partial charge on any atom is 0.318 e. The van der Waals surface area contributed by atoms with E-state index in [9.17, 15) is 9.50 Å². The van der Waals surface area contributed by atoms with Gasteiger partial charge in [-0.2, -0.15) is 9.97 Å². The fraction of sp³-hybridized carbons (Fsp3) is 0.588. The quantitative estimate of drug-likeness (QED) is 0.429. The van der Waals surface area contributed by atoms with Crippen molar-refractivity contribution in [2.45, 2.75) is 88.6 Å². The number of benzene rings is 2. The van der Waals surface area contributed by atoms with Gasteiger partial charge < -0.3 is 25.0 Å². The lowest BCUT2D eigenvalue weighted by molar-refractivity contribution is 0.107. The average molecular weight is 587 g/mol. The van der Waals surface area contributed by atoms with E-state index in [2.05, 4.69) is 45.1 Å². The number of aromatic nitrogens is 2. The average Bonchev–Trinajstić information content (AvgIpc) is 3.54. The van der Waals surface area contributed by atoms with Gasteiger partial charge in [0.2, 0.25) is 0 Å². The van der Waals surface area contributed by atoms with Crippen LogP contribution in [-0.2, 0) is 19.4 Å². The van der Waals surface area contributed by atoms with Crippen molar-refractivity contribution in [3.63, 3.8) is 0 Å². The second-order valence-corrected chi connectivity index (χ2v) is 13.5. The number of fused-ring (bicyclic) bond motifs is 5. The summed E-state index contributed by atoms with van der Waals surface area (Å²) in [5.74, 6) is 1.30. The molecule has 0 saturated carbocycles. The molecule has 4 saturated heterocycles. The van der Waals surface area contributed by atoms with E-state index in [0.717, 1.165) is 74.4 Å². The standard InChI is InChI=1S/C34H43FN6O2/c1-2-22-6-3-7-23-14-27(42)15-30(31(22)23)39-13-10-28-29(20-39)37-33(43-21-34-11-5-12-41(34)17-24(35)16-34)38-32(28)40-18-25-8-4-9-26(19-40)36-25/h3,6-7,14-15,24-26,36,42H,2,4-5,8-13,16-21H2,1H3/t24-,25?,26?,34+/m1/s1. The molecular formula is C34H43FN6O2. The normalized spacial score (nSPS) is 28.7. The van der Waals surface area contributed by atoms with Crippen LogP contribution in [0.1, 0.15) is 62.3 Å². The smallest absolute Gasteiger partial charge is 0.318 e. The molecule has 2 N–H and O–H groups in total. The van der Waals surface area contributed by atoms with Crippen molar-refractivity contribution in [1.82, 2.24) is 20.2 Å². The number of hydrogen-bond acceptors (Lipinski definition) is 8. The molecule has 3 aromatic rings. The molecule has 2 bridgehead atoms. The molecule has 4 fully saturated rings. The predicted octanol–water partition coefficient (Wildman–Crippen LogP) is 4.75. The van der Waals surface area contributed by atoms with Gasteiger partial charge in [0.1, 0.15) is 24.3 Å². The summed E-state index contributed by atoms with van der Waals surface area (Å²) in [4.78, 5) is 17.3. The van der Waals surface area contributed by atoms with Crippen LogP contribution in [0.25, 0.3) is 10.8 Å². The molecule has 2 unspecified atom stereocenters. The summed E-state index contributed by atoms with van der Waals surface area (Å²) >= 11 is 0. The Balaban J connectivity index is 1.15. The number of phenolic OH excluding ortho intramolecular Hbond substituents is 1. The summed E-state index contributed by atoms with van der Waals surface area (Å²) in [5, 5.41) is 16.8. The van der Waals surface area contributed by atoms with E-state index in [4.69, 9.17) is 14.7 Å². The van der Waals surface area contributed by atoms with Gasteiger partial charge in [-0.15, -0.1) is 0 Å². The van der Waals surface area contributed by atoms with Crippen LogP contribution in [0, 0.1) is 0 Å². The number of rotatable bonds is 6. The summed E-state index contributed by atoms with van der Waals surface area (Å²) in [6.07, 6.45) is 7.23. The van der Waals surface area contributed by atoms with E-state index in [1.165, 1.54) is 35.8 Å². The first-order valence-electron chi connectivity index (χ1n) is 16.4. The Morgan fingerprint density at radius 3 is 2.77 bits per heavy atom. The van der Waals surface area contributed by atoms with Crippen molar-refractivity contribution in [1.29, 1.82) is 0 Å². The number of hydrogen-bond donors (Lipinski definition) is 2. The van der Waals surface area contributed by atoms with Gasteiger partial charge in [-0.1, -0.05) is 31.5 Å². The Labute approximate surface area is 253 Å². The number of anilines is 2. The molecule has 6 heterocycles. The van der Waals surface area contributed by atoms with Crippen molar-refractivity contribution >= 4 is 22.3 Å². The zero-order valence-corrected chi connectivity index (χ0v) is 25.2. The lowest BCUT2D eigenvalue weighted by Gasteiger charge is -2.44. The number of phenols is 1. The Morgan fingerprint density at radius 1 is 1.07 bits per heavy atom. The largest absolute Gasteiger partial charge is 0.508 e. The van der Waals surface area contributed by atoms with E-state index in [1.807, 2.05) is 12.1 Å². The second kappa shape index (κ2) is 10.8. The summed E-state index contributed by atoms with van der Waals surface area (Å²) < 4.78 is 21.0. The first kappa shape index (κ1) is 27.4. The fourth-order valence-electron chi connectivity index (χ4n) is 8.76. The maximum atomic E-state index is 14.5. The predicted molar refractivity (Wildman–Crippen MR) is 167 cm³/mol. The molecule has 2 aromatic carbocycles. The summed E-state index contributed by atoms with van der Waals surface area (Å²) in [7, 11) is 0. The summed E-state index contributed by atoms with van der Waals surface area (Å²) in [5.41, 5.74) is 4.30. The minimum Gasteiger partial charge on any atom is -0.508 e. The Bertz CT molecular complexity index is 1520. The van der Waals surface area contributed by atoms with Gasteiger partial charge >= 0.3 is 6.01 Å². The van der Waals surface area contributed by atoms with Crippen LogP contribution in [0.4, 0.5) is 15.9 Å². The Kier molecular flexibility index (Phi) is 6.86. The molecule has 43 heavy (non-hydrogen) atoms. The number of ether oxygens (including phenoxy) is 1. The highest BCUT2D eigenvalue weighted by atomic mass is 19.1. The Morgan fingerprint density at radius 2 is 1.93 bits per heavy atom. The lowest BCUT2D eigenvalue weighted by atomic mass is 9.93. The molecular weight excluding hydrogens is 543 g/mol. The molecule has 0 amide bonds. The molecule has 9 heteroatoms. The van der Waals surface area contributed by atoms with Crippen LogP contribution in [-0.4, -0.2) is 83.1 Å². The zero-order chi connectivity index (χ0) is 29.1. The number of halogens is 1. The van der Waals surface area contributed by atoms with Crippen molar-refractivity contribution < 1.29 is 14.2 Å². The third-order valence-electron chi connectivity index (χ3n) is 10.8. The number of alkyl halides is 1. The SMILES string of the molecule is CCc1cccc2cc(O)cc(N3CCc4c(nc(OC[C@@]56CCCN5C[C@H](F)C6)nc4N4CC5CCCC(C4)N5)C3)c12. The van der Waals surface area contributed by atoms with Crippen LogP contribution >= 0.6 is 0 Å². The van der Waals surface area contributed by atoms with Crippen LogP contribution in [0.3, 0.4) is 0 Å². The lowest BCUT2D eigenvalue weighted by Crippen LogP contribution is -2.59. The molecule has 0 spiro atoms. The molecule has 1 aromatic heterocycles. The first-order chi connectivity index (χ1) is 21.0. The van der Waals surface area contributed by atoms with Gasteiger partial charge in [0.15, 0.2) is 0 Å². The maximum absolute atomic E-state index is 14.5. The fourth-order valence-corrected chi connectivity index (χ4v) is 8.76. The highest BCUT2D eigenvalue weighted by Crippen LogP contribution is 2.41. The third kappa shape index (κ3) is 4.89. The van der Waals surface area contributed by atoms with Crippen LogP contribution < -0.4 is 19.9 Å². The number of nitrogens with one attached hydrogen (secondary N) is 1. The van der Waals surface area contributed by atoms with Gasteiger partial charge in [-0.25, -0.2) is 4.39 Å². The van der Waals surface area contributed by atoms with Gasteiger partial charge in [-0.3, -0.25) is 4.90 Å². The number of piperidine rings is 1. The zero-order valence-electron chi connectivity index (χ0n) is 25.2. The number of aryl methyl sites for hydroxylation is 1. The molecule has 228 valence electrons. The van der Waals surface area contributed by atoms with Crippen molar-refractivity contribution in [3.05, 3.63) is 47.2 Å². The van der Waals surface area contributed by atoms with Crippen LogP contribution in [0.15, 0.2) is 30.3 Å². The van der Waals surface area contributed by atoms with E-state index in [-0.39, 0.29) is 11.3 Å². The topological polar surface area (TPSA) is 77.0 Å². The number of nitrogens with zero attached hydrogens (tertiary/aromatic N) is 5. The van der Waals surface area contributed by atoms with E-state index < -0.39 is 6.17 Å². The molecule has 8 rings (SSSR count). The summed E-state index contributed by atoms with van der Waals surface area (Å²) in [6.45, 7) is 7.41. The van der Waals surface area contributed by atoms with E-state index >= 15 is 0 Å².